The first-order chi connectivity index (χ1) is 4.57. The molecule has 2 N–H and O–H groups in total. The first-order valence-corrected chi connectivity index (χ1v) is 3.02. The van der Waals surface area contributed by atoms with E-state index in [4.69, 9.17) is 10.2 Å². The highest BCUT2D eigenvalue weighted by molar-refractivity contribution is 5.71. The molecule has 0 saturated heterocycles. The molecule has 0 aliphatic rings. The minimum atomic E-state index is -1.44. The van der Waals surface area contributed by atoms with Crippen LogP contribution in [0.5, 0.6) is 0 Å². The van der Waals surface area contributed by atoms with Crippen molar-refractivity contribution in [3.05, 3.63) is 0 Å². The van der Waals surface area contributed by atoms with Gasteiger partial charge in [-0.15, -0.1) is 0 Å². The molecule has 1 unspecified atom stereocenters. The minimum absolute atomic E-state index is 0.0205. The van der Waals surface area contributed by atoms with Gasteiger partial charge in [-0.25, -0.2) is 0 Å². The number of aliphatic hydroxyl groups is 2. The van der Waals surface area contributed by atoms with E-state index in [0.29, 0.717) is 0 Å². The van der Waals surface area contributed by atoms with E-state index < -0.39 is 18.2 Å². The molecule has 0 aromatic carbocycles. The number of carbonyl (C=O) groups is 1. The highest BCUT2D eigenvalue weighted by Crippen LogP contribution is 2.05. The predicted molar refractivity (Wildman–Crippen MR) is 34.0 cm³/mol. The van der Waals surface area contributed by atoms with E-state index in [-0.39, 0.29) is 6.42 Å². The fraction of sp³-hybridized carbons (Fsp3) is 0.833. The van der Waals surface area contributed by atoms with Gasteiger partial charge in [-0.2, -0.15) is 0 Å². The number of esters is 1. The molecular formula is C6H12O4. The van der Waals surface area contributed by atoms with Gasteiger partial charge in [-0.05, 0) is 0 Å². The van der Waals surface area contributed by atoms with Gasteiger partial charge in [0.25, 0.3) is 0 Å². The lowest BCUT2D eigenvalue weighted by molar-refractivity contribution is -0.148. The van der Waals surface area contributed by atoms with Gasteiger partial charge in [0, 0.05) is 6.42 Å². The van der Waals surface area contributed by atoms with Crippen LogP contribution in [-0.4, -0.2) is 29.6 Å². The number of rotatable bonds is 3. The lowest BCUT2D eigenvalue weighted by Gasteiger charge is -2.09. The van der Waals surface area contributed by atoms with E-state index in [1.807, 2.05) is 0 Å². The summed E-state index contributed by atoms with van der Waals surface area (Å²) in [6.07, 6.45) is -1.42. The zero-order valence-corrected chi connectivity index (χ0v) is 6.07. The molecule has 4 heteroatoms. The van der Waals surface area contributed by atoms with Crippen LogP contribution in [0.15, 0.2) is 0 Å². The molecule has 4 nitrogen and oxygen atoms in total. The van der Waals surface area contributed by atoms with Crippen molar-refractivity contribution in [3.63, 3.8) is 0 Å². The van der Waals surface area contributed by atoms with Crippen molar-refractivity contribution in [2.75, 3.05) is 7.11 Å². The van der Waals surface area contributed by atoms with Crippen molar-refractivity contribution in [3.8, 4) is 0 Å². The maximum Gasteiger partial charge on any atom is 0.308 e. The maximum absolute atomic E-state index is 10.6. The van der Waals surface area contributed by atoms with Gasteiger partial charge in [0.15, 0.2) is 6.29 Å². The van der Waals surface area contributed by atoms with Gasteiger partial charge in [0.1, 0.15) is 0 Å². The smallest absolute Gasteiger partial charge is 0.308 e. The lowest BCUT2D eigenvalue weighted by Crippen LogP contribution is -2.19. The molecule has 0 rings (SSSR count). The topological polar surface area (TPSA) is 66.8 Å². The second kappa shape index (κ2) is 4.24. The largest absolute Gasteiger partial charge is 0.469 e. The fourth-order valence-corrected chi connectivity index (χ4v) is 0.614. The summed E-state index contributed by atoms with van der Waals surface area (Å²) in [5.41, 5.74) is 0. The monoisotopic (exact) mass is 148 g/mol. The molecule has 0 aliphatic heterocycles. The van der Waals surface area contributed by atoms with E-state index in [9.17, 15) is 4.79 Å². The number of carbonyl (C=O) groups excluding carboxylic acids is 1. The summed E-state index contributed by atoms with van der Waals surface area (Å²) < 4.78 is 4.35. The SMILES string of the molecule is COC(=O)C(C)CC(O)O. The van der Waals surface area contributed by atoms with Crippen molar-refractivity contribution < 1.29 is 19.7 Å². The zero-order valence-electron chi connectivity index (χ0n) is 6.07. The standard InChI is InChI=1S/C6H12O4/c1-4(3-5(7)8)6(9)10-2/h4-5,7-8H,3H2,1-2H3. The van der Waals surface area contributed by atoms with Crippen LogP contribution in [-0.2, 0) is 9.53 Å². The molecule has 0 aromatic heterocycles. The molecule has 1 atom stereocenters. The second-order valence-corrected chi connectivity index (χ2v) is 2.14. The van der Waals surface area contributed by atoms with Gasteiger partial charge in [-0.1, -0.05) is 6.92 Å². The van der Waals surface area contributed by atoms with E-state index >= 15 is 0 Å². The molecule has 0 spiro atoms. The Morgan fingerprint density at radius 2 is 2.10 bits per heavy atom. The Balaban J connectivity index is 3.61. The van der Waals surface area contributed by atoms with Crippen LogP contribution >= 0.6 is 0 Å². The quantitative estimate of drug-likeness (QED) is 0.418. The Hall–Kier alpha value is -0.610. The van der Waals surface area contributed by atoms with Gasteiger partial charge in [0.05, 0.1) is 13.0 Å². The molecule has 0 aliphatic carbocycles. The Morgan fingerprint density at radius 3 is 2.40 bits per heavy atom. The summed E-state index contributed by atoms with van der Waals surface area (Å²) in [5, 5.41) is 16.8. The highest BCUT2D eigenvalue weighted by Gasteiger charge is 2.15. The number of hydrogen-bond acceptors (Lipinski definition) is 4. The molecule has 0 heterocycles. The zero-order chi connectivity index (χ0) is 8.15. The molecule has 60 valence electrons. The van der Waals surface area contributed by atoms with Crippen LogP contribution < -0.4 is 0 Å². The third kappa shape index (κ3) is 3.42. The van der Waals surface area contributed by atoms with E-state index in [0.717, 1.165) is 0 Å². The van der Waals surface area contributed by atoms with Crippen LogP contribution in [0.4, 0.5) is 0 Å². The summed E-state index contributed by atoms with van der Waals surface area (Å²) in [4.78, 5) is 10.6. The molecule has 0 radical (unpaired) electrons. The second-order valence-electron chi connectivity index (χ2n) is 2.14. The van der Waals surface area contributed by atoms with Crippen LogP contribution in [0.3, 0.4) is 0 Å². The Bertz CT molecular complexity index is 110. The minimum Gasteiger partial charge on any atom is -0.469 e. The summed E-state index contributed by atoms with van der Waals surface area (Å²) in [6, 6.07) is 0. The molecule has 10 heavy (non-hydrogen) atoms. The first-order valence-electron chi connectivity index (χ1n) is 3.02. The first kappa shape index (κ1) is 9.39. The fourth-order valence-electron chi connectivity index (χ4n) is 0.614. The third-order valence-electron chi connectivity index (χ3n) is 1.17. The summed E-state index contributed by atoms with van der Waals surface area (Å²) in [7, 11) is 1.27. The van der Waals surface area contributed by atoms with Crippen molar-refractivity contribution >= 4 is 5.97 Å². The van der Waals surface area contributed by atoms with E-state index in [1.165, 1.54) is 7.11 Å². The van der Waals surface area contributed by atoms with Crippen molar-refractivity contribution in [2.45, 2.75) is 19.6 Å². The van der Waals surface area contributed by atoms with E-state index in [1.54, 1.807) is 6.92 Å². The molecule has 0 fully saturated rings. The van der Waals surface area contributed by atoms with Gasteiger partial charge >= 0.3 is 5.97 Å². The Kier molecular flexibility index (Phi) is 3.99. The predicted octanol–water partition coefficient (Wildman–Crippen LogP) is -0.504. The molecule has 0 amide bonds. The van der Waals surface area contributed by atoms with E-state index in [2.05, 4.69) is 4.74 Å². The summed E-state index contributed by atoms with van der Waals surface area (Å²) >= 11 is 0. The molecule has 0 saturated carbocycles. The van der Waals surface area contributed by atoms with Crippen LogP contribution in [0, 0.1) is 5.92 Å². The maximum atomic E-state index is 10.6. The normalized spacial score (nSPS) is 13.3. The van der Waals surface area contributed by atoms with Gasteiger partial charge < -0.3 is 14.9 Å². The average Bonchev–Trinajstić information content (AvgIpc) is 1.85. The highest BCUT2D eigenvalue weighted by atomic mass is 16.5. The molecular weight excluding hydrogens is 136 g/mol. The van der Waals surface area contributed by atoms with Crippen LogP contribution in [0.1, 0.15) is 13.3 Å². The van der Waals surface area contributed by atoms with Crippen LogP contribution in [0.2, 0.25) is 0 Å². The van der Waals surface area contributed by atoms with Crippen molar-refractivity contribution in [1.29, 1.82) is 0 Å². The van der Waals surface area contributed by atoms with Gasteiger partial charge in [0.2, 0.25) is 0 Å². The van der Waals surface area contributed by atoms with Crippen molar-refractivity contribution in [1.82, 2.24) is 0 Å². The molecule has 0 bridgehead atoms. The van der Waals surface area contributed by atoms with Gasteiger partial charge in [-0.3, -0.25) is 4.79 Å². The van der Waals surface area contributed by atoms with Crippen molar-refractivity contribution in [2.24, 2.45) is 5.92 Å². The average molecular weight is 148 g/mol. The summed E-state index contributed by atoms with van der Waals surface area (Å²) in [5.74, 6) is -0.877. The number of hydrogen-bond donors (Lipinski definition) is 2. The number of aliphatic hydroxyl groups excluding tert-OH is 1. The number of ether oxygens (including phenoxy) is 1. The third-order valence-corrected chi connectivity index (χ3v) is 1.17. The lowest BCUT2D eigenvalue weighted by atomic mass is 10.1. The molecule has 0 aromatic rings. The number of methoxy groups -OCH3 is 1. The summed E-state index contributed by atoms with van der Waals surface area (Å²) in [6.45, 7) is 1.57. The van der Waals surface area contributed by atoms with Crippen LogP contribution in [0.25, 0.3) is 0 Å². The Labute approximate surface area is 59.4 Å². The Morgan fingerprint density at radius 1 is 1.60 bits per heavy atom.